The molecule has 1 fully saturated rings. The van der Waals surface area contributed by atoms with E-state index in [4.69, 9.17) is 0 Å². The fourth-order valence-electron chi connectivity index (χ4n) is 2.05. The summed E-state index contributed by atoms with van der Waals surface area (Å²) < 4.78 is 0.852. The van der Waals surface area contributed by atoms with Crippen LogP contribution in [0.15, 0.2) is 22.7 Å². The second-order valence-electron chi connectivity index (χ2n) is 5.00. The lowest BCUT2D eigenvalue weighted by atomic mass is 10.1. The van der Waals surface area contributed by atoms with E-state index in [1.165, 1.54) is 0 Å². The fourth-order valence-corrected chi connectivity index (χ4v) is 3.51. The highest BCUT2D eigenvalue weighted by molar-refractivity contribution is 9.10. The van der Waals surface area contributed by atoms with E-state index in [0.717, 1.165) is 16.8 Å². The van der Waals surface area contributed by atoms with Crippen molar-refractivity contribution in [1.29, 1.82) is 0 Å². The van der Waals surface area contributed by atoms with Gasteiger partial charge in [0, 0.05) is 28.1 Å². The predicted molar refractivity (Wildman–Crippen MR) is 78.2 cm³/mol. The number of aromatic hydroxyl groups is 1. The molecular weight excluding hydrogens is 314 g/mol. The lowest BCUT2D eigenvalue weighted by Crippen LogP contribution is -2.46. The number of amides is 1. The Kier molecular flexibility index (Phi) is 3.92. The quantitative estimate of drug-likeness (QED) is 0.860. The molecule has 1 saturated heterocycles. The van der Waals surface area contributed by atoms with Crippen molar-refractivity contribution in [2.45, 2.75) is 18.6 Å². The average molecular weight is 330 g/mol. The first-order chi connectivity index (χ1) is 8.39. The maximum atomic E-state index is 12.4. The number of hydrogen-bond donors (Lipinski definition) is 1. The van der Waals surface area contributed by atoms with Crippen LogP contribution in [0.3, 0.4) is 0 Å². The maximum Gasteiger partial charge on any atom is 0.257 e. The number of thioether (sulfide) groups is 1. The smallest absolute Gasteiger partial charge is 0.257 e. The van der Waals surface area contributed by atoms with Gasteiger partial charge in [-0.15, -0.1) is 0 Å². The van der Waals surface area contributed by atoms with Crippen LogP contribution in [-0.2, 0) is 0 Å². The second kappa shape index (κ2) is 5.13. The SMILES string of the molecule is CC1(C)CN(C(=O)c2ccc(Br)cc2O)CCS1. The molecule has 0 radical (unpaired) electrons. The van der Waals surface area contributed by atoms with Crippen LogP contribution in [0.2, 0.25) is 0 Å². The summed E-state index contributed by atoms with van der Waals surface area (Å²) in [5, 5.41) is 9.84. The lowest BCUT2D eigenvalue weighted by Gasteiger charge is -2.37. The summed E-state index contributed by atoms with van der Waals surface area (Å²) in [7, 11) is 0. The van der Waals surface area contributed by atoms with Crippen molar-refractivity contribution in [2.24, 2.45) is 0 Å². The van der Waals surface area contributed by atoms with Gasteiger partial charge in [0.05, 0.1) is 5.56 Å². The summed E-state index contributed by atoms with van der Waals surface area (Å²) in [6.07, 6.45) is 0. The molecule has 0 atom stereocenters. The number of carbonyl (C=O) groups is 1. The molecule has 1 aliphatic rings. The molecule has 2 rings (SSSR count). The van der Waals surface area contributed by atoms with Crippen molar-refractivity contribution in [1.82, 2.24) is 4.90 Å². The highest BCUT2D eigenvalue weighted by Gasteiger charge is 2.30. The molecule has 1 aromatic carbocycles. The van der Waals surface area contributed by atoms with Gasteiger partial charge in [-0.1, -0.05) is 15.9 Å². The van der Waals surface area contributed by atoms with E-state index in [1.54, 1.807) is 18.2 Å². The van der Waals surface area contributed by atoms with Crippen LogP contribution in [-0.4, -0.2) is 39.5 Å². The van der Waals surface area contributed by atoms with Gasteiger partial charge < -0.3 is 10.0 Å². The molecule has 1 amide bonds. The molecule has 1 aromatic rings. The monoisotopic (exact) mass is 329 g/mol. The Morgan fingerprint density at radius 3 is 2.83 bits per heavy atom. The van der Waals surface area contributed by atoms with Crippen molar-refractivity contribution < 1.29 is 9.90 Å². The number of phenolic OH excluding ortho intramolecular Hbond substituents is 1. The summed E-state index contributed by atoms with van der Waals surface area (Å²) in [5.74, 6) is 0.884. The van der Waals surface area contributed by atoms with E-state index in [2.05, 4.69) is 29.8 Å². The normalized spacial score (nSPS) is 18.7. The van der Waals surface area contributed by atoms with E-state index in [0.29, 0.717) is 12.1 Å². The summed E-state index contributed by atoms with van der Waals surface area (Å²) in [5.41, 5.74) is 0.376. The summed E-state index contributed by atoms with van der Waals surface area (Å²) in [6, 6.07) is 4.99. The molecule has 3 nitrogen and oxygen atoms in total. The largest absolute Gasteiger partial charge is 0.507 e. The minimum absolute atomic E-state index is 0.0328. The van der Waals surface area contributed by atoms with Gasteiger partial charge in [-0.05, 0) is 32.0 Å². The third-order valence-electron chi connectivity index (χ3n) is 2.90. The fraction of sp³-hybridized carbons (Fsp3) is 0.462. The predicted octanol–water partition coefficient (Wildman–Crippen LogP) is 3.12. The Morgan fingerprint density at radius 1 is 1.50 bits per heavy atom. The molecule has 98 valence electrons. The Bertz CT molecular complexity index is 476. The molecule has 0 bridgehead atoms. The number of phenols is 1. The van der Waals surface area contributed by atoms with Gasteiger partial charge in [-0.25, -0.2) is 0 Å². The third-order valence-corrected chi connectivity index (χ3v) is 4.69. The van der Waals surface area contributed by atoms with Crippen molar-refractivity contribution in [3.8, 4) is 5.75 Å². The van der Waals surface area contributed by atoms with Crippen molar-refractivity contribution >= 4 is 33.6 Å². The lowest BCUT2D eigenvalue weighted by molar-refractivity contribution is 0.0745. The zero-order valence-electron chi connectivity index (χ0n) is 10.4. The van der Waals surface area contributed by atoms with Crippen LogP contribution >= 0.6 is 27.7 Å². The van der Waals surface area contributed by atoms with E-state index in [9.17, 15) is 9.90 Å². The van der Waals surface area contributed by atoms with Gasteiger partial charge in [-0.3, -0.25) is 4.79 Å². The number of carbonyl (C=O) groups excluding carboxylic acids is 1. The number of hydrogen-bond acceptors (Lipinski definition) is 3. The first-order valence-electron chi connectivity index (χ1n) is 5.81. The van der Waals surface area contributed by atoms with E-state index < -0.39 is 0 Å². The molecule has 18 heavy (non-hydrogen) atoms. The van der Waals surface area contributed by atoms with Crippen LogP contribution in [0.4, 0.5) is 0 Å². The second-order valence-corrected chi connectivity index (χ2v) is 7.71. The van der Waals surface area contributed by atoms with Crippen LogP contribution < -0.4 is 0 Å². The van der Waals surface area contributed by atoms with E-state index in [-0.39, 0.29) is 16.4 Å². The highest BCUT2D eigenvalue weighted by atomic mass is 79.9. The molecule has 1 N–H and O–H groups in total. The van der Waals surface area contributed by atoms with Gasteiger partial charge in [0.25, 0.3) is 5.91 Å². The van der Waals surface area contributed by atoms with Crippen molar-refractivity contribution in [3.05, 3.63) is 28.2 Å². The molecule has 5 heteroatoms. The Morgan fingerprint density at radius 2 is 2.22 bits per heavy atom. The zero-order valence-corrected chi connectivity index (χ0v) is 12.8. The van der Waals surface area contributed by atoms with Gasteiger partial charge in [0.15, 0.2) is 0 Å². The minimum atomic E-state index is -0.0895. The molecule has 1 aliphatic heterocycles. The minimum Gasteiger partial charge on any atom is -0.507 e. The molecule has 1 heterocycles. The van der Waals surface area contributed by atoms with Crippen LogP contribution in [0.25, 0.3) is 0 Å². The molecule has 0 aliphatic carbocycles. The summed E-state index contributed by atoms with van der Waals surface area (Å²) >= 11 is 5.15. The molecule has 0 aromatic heterocycles. The summed E-state index contributed by atoms with van der Waals surface area (Å²) in [4.78, 5) is 14.2. The molecule has 0 saturated carbocycles. The van der Waals surface area contributed by atoms with E-state index in [1.807, 2.05) is 16.7 Å². The first-order valence-corrected chi connectivity index (χ1v) is 7.59. The molecule has 0 spiro atoms. The average Bonchev–Trinajstić information content (AvgIpc) is 2.27. The van der Waals surface area contributed by atoms with Crippen LogP contribution in [0.1, 0.15) is 24.2 Å². The highest BCUT2D eigenvalue weighted by Crippen LogP contribution is 2.31. The number of benzene rings is 1. The maximum absolute atomic E-state index is 12.4. The van der Waals surface area contributed by atoms with Gasteiger partial charge in [0.1, 0.15) is 5.75 Å². The van der Waals surface area contributed by atoms with Gasteiger partial charge in [0.2, 0.25) is 0 Å². The Balaban J connectivity index is 2.20. The molecular formula is C13H16BrNO2S. The topological polar surface area (TPSA) is 40.5 Å². The van der Waals surface area contributed by atoms with E-state index >= 15 is 0 Å². The van der Waals surface area contributed by atoms with Crippen LogP contribution in [0.5, 0.6) is 5.75 Å². The Hall–Kier alpha value is -0.680. The van der Waals surface area contributed by atoms with Crippen LogP contribution in [0, 0.1) is 0 Å². The zero-order chi connectivity index (χ0) is 13.3. The number of halogens is 1. The third kappa shape index (κ3) is 3.01. The van der Waals surface area contributed by atoms with Crippen molar-refractivity contribution in [2.75, 3.05) is 18.8 Å². The Labute approximate surface area is 120 Å². The molecule has 0 unspecified atom stereocenters. The van der Waals surface area contributed by atoms with Gasteiger partial charge >= 0.3 is 0 Å². The summed E-state index contributed by atoms with van der Waals surface area (Å²) in [6.45, 7) is 5.73. The number of rotatable bonds is 1. The number of nitrogens with zero attached hydrogens (tertiary/aromatic N) is 1. The van der Waals surface area contributed by atoms with Gasteiger partial charge in [-0.2, -0.15) is 11.8 Å². The standard InChI is InChI=1S/C13H16BrNO2S/c1-13(2)8-15(5-6-18-13)12(17)10-4-3-9(14)7-11(10)16/h3-4,7,16H,5-6,8H2,1-2H3. The first kappa shape index (κ1) is 13.7. The van der Waals surface area contributed by atoms with Crippen molar-refractivity contribution in [3.63, 3.8) is 0 Å².